The van der Waals surface area contributed by atoms with Gasteiger partial charge < -0.3 is 11.5 Å². The van der Waals surface area contributed by atoms with Gasteiger partial charge in [-0.3, -0.25) is 0 Å². The third-order valence-corrected chi connectivity index (χ3v) is 3.71. The first kappa shape index (κ1) is 13.8. The second-order valence-electron chi connectivity index (χ2n) is 5.23. The fourth-order valence-electron chi connectivity index (χ4n) is 2.49. The minimum Gasteiger partial charge on any atom is -0.330 e. The number of nitrogens with two attached hydrogens (primary N) is 2. The minimum atomic E-state index is -0.0529. The van der Waals surface area contributed by atoms with Crippen LogP contribution in [0.3, 0.4) is 0 Å². The van der Waals surface area contributed by atoms with E-state index >= 15 is 0 Å². The molecule has 0 aromatic heterocycles. The highest BCUT2D eigenvalue weighted by Gasteiger charge is 2.27. The minimum absolute atomic E-state index is 0.0529. The molecular weight excluding hydrogens is 232 g/mol. The topological polar surface area (TPSA) is 52.0 Å². The molecule has 0 fully saturated rings. The fourth-order valence-corrected chi connectivity index (χ4v) is 2.49. The summed E-state index contributed by atoms with van der Waals surface area (Å²) in [5.74, 6) is 0. The monoisotopic (exact) mass is 254 g/mol. The van der Waals surface area contributed by atoms with Gasteiger partial charge in [0.2, 0.25) is 0 Å². The summed E-state index contributed by atoms with van der Waals surface area (Å²) in [6, 6.07) is 20.9. The van der Waals surface area contributed by atoms with Crippen LogP contribution >= 0.6 is 0 Å². The molecule has 2 nitrogen and oxygen atoms in total. The van der Waals surface area contributed by atoms with Gasteiger partial charge in [0.25, 0.3) is 0 Å². The standard InChI is InChI=1S/C17H22N2/c18-13-17(14-19,11-15-7-3-1-4-8-15)12-16-9-5-2-6-10-16/h1-10H,11-14,18-19H2. The molecule has 0 unspecified atom stereocenters. The van der Waals surface area contributed by atoms with Gasteiger partial charge in [0.15, 0.2) is 0 Å². The van der Waals surface area contributed by atoms with E-state index < -0.39 is 0 Å². The molecule has 0 bridgehead atoms. The Hall–Kier alpha value is -1.64. The van der Waals surface area contributed by atoms with E-state index in [2.05, 4.69) is 48.5 Å². The van der Waals surface area contributed by atoms with E-state index in [0.717, 1.165) is 12.8 Å². The van der Waals surface area contributed by atoms with Crippen LogP contribution in [0.15, 0.2) is 60.7 Å². The third-order valence-electron chi connectivity index (χ3n) is 3.71. The maximum absolute atomic E-state index is 6.03. The molecule has 0 radical (unpaired) electrons. The van der Waals surface area contributed by atoms with Crippen LogP contribution in [0, 0.1) is 5.41 Å². The lowest BCUT2D eigenvalue weighted by Crippen LogP contribution is -2.41. The Bertz CT molecular complexity index is 432. The molecule has 0 amide bonds. The lowest BCUT2D eigenvalue weighted by molar-refractivity contribution is 0.304. The zero-order valence-corrected chi connectivity index (χ0v) is 11.3. The van der Waals surface area contributed by atoms with Gasteiger partial charge in [0, 0.05) is 5.41 Å². The molecule has 0 saturated carbocycles. The average Bonchev–Trinajstić information content (AvgIpc) is 2.48. The summed E-state index contributed by atoms with van der Waals surface area (Å²) in [6.07, 6.45) is 1.85. The van der Waals surface area contributed by atoms with E-state index in [1.54, 1.807) is 0 Å². The summed E-state index contributed by atoms with van der Waals surface area (Å²) in [5.41, 5.74) is 14.6. The van der Waals surface area contributed by atoms with E-state index in [0.29, 0.717) is 13.1 Å². The average molecular weight is 254 g/mol. The summed E-state index contributed by atoms with van der Waals surface area (Å²) in [7, 11) is 0. The maximum Gasteiger partial charge on any atom is 0.00286 e. The van der Waals surface area contributed by atoms with E-state index in [9.17, 15) is 0 Å². The maximum atomic E-state index is 6.03. The van der Waals surface area contributed by atoms with Gasteiger partial charge in [-0.15, -0.1) is 0 Å². The van der Waals surface area contributed by atoms with Crippen molar-refractivity contribution in [1.29, 1.82) is 0 Å². The number of rotatable bonds is 6. The van der Waals surface area contributed by atoms with Crippen LogP contribution in [0.25, 0.3) is 0 Å². The second-order valence-corrected chi connectivity index (χ2v) is 5.23. The summed E-state index contributed by atoms with van der Waals surface area (Å²) in [6.45, 7) is 1.21. The Morgan fingerprint density at radius 1 is 0.632 bits per heavy atom. The van der Waals surface area contributed by atoms with E-state index in [1.807, 2.05) is 12.1 Å². The van der Waals surface area contributed by atoms with Crippen LogP contribution in [0.2, 0.25) is 0 Å². The van der Waals surface area contributed by atoms with Crippen molar-refractivity contribution in [2.24, 2.45) is 16.9 Å². The van der Waals surface area contributed by atoms with Crippen molar-refractivity contribution < 1.29 is 0 Å². The van der Waals surface area contributed by atoms with Crippen LogP contribution in [0.1, 0.15) is 11.1 Å². The number of hydrogen-bond donors (Lipinski definition) is 2. The van der Waals surface area contributed by atoms with Crippen molar-refractivity contribution in [3.63, 3.8) is 0 Å². The zero-order chi connectivity index (χ0) is 13.6. The van der Waals surface area contributed by atoms with Gasteiger partial charge in [-0.1, -0.05) is 60.7 Å². The molecule has 2 aromatic rings. The van der Waals surface area contributed by atoms with Crippen molar-refractivity contribution in [2.75, 3.05) is 13.1 Å². The zero-order valence-electron chi connectivity index (χ0n) is 11.3. The van der Waals surface area contributed by atoms with Crippen LogP contribution in [0.5, 0.6) is 0 Å². The molecule has 19 heavy (non-hydrogen) atoms. The number of hydrogen-bond acceptors (Lipinski definition) is 2. The van der Waals surface area contributed by atoms with Crippen molar-refractivity contribution in [2.45, 2.75) is 12.8 Å². The molecule has 4 N–H and O–H groups in total. The molecule has 2 heteroatoms. The normalized spacial score (nSPS) is 11.5. The van der Waals surface area contributed by atoms with Crippen LogP contribution in [0.4, 0.5) is 0 Å². The Labute approximate surface area is 115 Å². The van der Waals surface area contributed by atoms with Gasteiger partial charge in [0.05, 0.1) is 0 Å². The van der Waals surface area contributed by atoms with Gasteiger partial charge in [-0.05, 0) is 37.1 Å². The fraction of sp³-hybridized carbons (Fsp3) is 0.294. The molecule has 100 valence electrons. The molecule has 0 aliphatic rings. The molecule has 0 saturated heterocycles. The van der Waals surface area contributed by atoms with E-state index in [-0.39, 0.29) is 5.41 Å². The van der Waals surface area contributed by atoms with Crippen LogP contribution in [-0.2, 0) is 12.8 Å². The lowest BCUT2D eigenvalue weighted by Gasteiger charge is -2.31. The largest absolute Gasteiger partial charge is 0.330 e. The first-order valence-electron chi connectivity index (χ1n) is 6.76. The van der Waals surface area contributed by atoms with E-state index in [4.69, 9.17) is 11.5 Å². The first-order valence-corrected chi connectivity index (χ1v) is 6.76. The molecule has 0 atom stereocenters. The summed E-state index contributed by atoms with van der Waals surface area (Å²) in [5, 5.41) is 0. The summed E-state index contributed by atoms with van der Waals surface area (Å²) < 4.78 is 0. The Balaban J connectivity index is 2.18. The van der Waals surface area contributed by atoms with Gasteiger partial charge in [-0.2, -0.15) is 0 Å². The SMILES string of the molecule is NCC(CN)(Cc1ccccc1)Cc1ccccc1. The Morgan fingerprint density at radius 3 is 1.32 bits per heavy atom. The van der Waals surface area contributed by atoms with Crippen molar-refractivity contribution in [1.82, 2.24) is 0 Å². The van der Waals surface area contributed by atoms with E-state index in [1.165, 1.54) is 11.1 Å². The smallest absolute Gasteiger partial charge is 0.00286 e. The highest BCUT2D eigenvalue weighted by atomic mass is 14.7. The molecule has 0 aliphatic carbocycles. The first-order chi connectivity index (χ1) is 9.28. The van der Waals surface area contributed by atoms with Gasteiger partial charge in [-0.25, -0.2) is 0 Å². The third kappa shape index (κ3) is 3.66. The molecule has 0 heterocycles. The van der Waals surface area contributed by atoms with Gasteiger partial charge >= 0.3 is 0 Å². The highest BCUT2D eigenvalue weighted by Crippen LogP contribution is 2.26. The predicted molar refractivity (Wildman–Crippen MR) is 80.8 cm³/mol. The van der Waals surface area contributed by atoms with Crippen molar-refractivity contribution in [3.8, 4) is 0 Å². The van der Waals surface area contributed by atoms with Crippen molar-refractivity contribution in [3.05, 3.63) is 71.8 Å². The van der Waals surface area contributed by atoms with Gasteiger partial charge in [0.1, 0.15) is 0 Å². The summed E-state index contributed by atoms with van der Waals surface area (Å²) >= 11 is 0. The second kappa shape index (κ2) is 6.50. The van der Waals surface area contributed by atoms with Crippen LogP contribution in [-0.4, -0.2) is 13.1 Å². The molecular formula is C17H22N2. The molecule has 2 rings (SSSR count). The Morgan fingerprint density at radius 2 is 1.00 bits per heavy atom. The van der Waals surface area contributed by atoms with Crippen molar-refractivity contribution >= 4 is 0 Å². The Kier molecular flexibility index (Phi) is 4.72. The summed E-state index contributed by atoms with van der Waals surface area (Å²) in [4.78, 5) is 0. The number of benzene rings is 2. The molecule has 0 aliphatic heterocycles. The van der Waals surface area contributed by atoms with Crippen LogP contribution < -0.4 is 11.5 Å². The molecule has 0 spiro atoms. The molecule has 2 aromatic carbocycles. The quantitative estimate of drug-likeness (QED) is 0.831. The predicted octanol–water partition coefficient (Wildman–Crippen LogP) is 2.38. The highest BCUT2D eigenvalue weighted by molar-refractivity contribution is 5.21. The lowest BCUT2D eigenvalue weighted by atomic mass is 9.76.